The summed E-state index contributed by atoms with van der Waals surface area (Å²) in [4.78, 5) is 23.5. The molecule has 90 valence electrons. The molecule has 0 aliphatic rings. The van der Waals surface area contributed by atoms with E-state index in [2.05, 4.69) is 11.2 Å². The van der Waals surface area contributed by atoms with Crippen molar-refractivity contribution in [2.24, 2.45) is 0 Å². The van der Waals surface area contributed by atoms with Gasteiger partial charge in [0.2, 0.25) is 0 Å². The Hall–Kier alpha value is -1.70. The summed E-state index contributed by atoms with van der Waals surface area (Å²) < 4.78 is 0. The summed E-state index contributed by atoms with van der Waals surface area (Å²) in [7, 11) is 0. The molecule has 0 heterocycles. The summed E-state index contributed by atoms with van der Waals surface area (Å²) in [6, 6.07) is -0.372. The summed E-state index contributed by atoms with van der Waals surface area (Å²) in [6.45, 7) is 4.29. The third kappa shape index (κ3) is 5.91. The zero-order chi connectivity index (χ0) is 12.6. The number of terminal acetylenes is 1. The fourth-order valence-electron chi connectivity index (χ4n) is 1.16. The van der Waals surface area contributed by atoms with Crippen LogP contribution in [0.2, 0.25) is 0 Å². The molecular weight excluding hydrogens is 208 g/mol. The maximum Gasteiger partial charge on any atom is 0.317 e. The molecule has 5 nitrogen and oxygen atoms in total. The third-order valence-electron chi connectivity index (χ3n) is 2.06. The first-order valence-corrected chi connectivity index (χ1v) is 5.22. The minimum absolute atomic E-state index is 0.0508. The highest BCUT2D eigenvalue weighted by atomic mass is 16.4. The van der Waals surface area contributed by atoms with Gasteiger partial charge in [0.15, 0.2) is 0 Å². The van der Waals surface area contributed by atoms with Crippen LogP contribution in [0.3, 0.4) is 0 Å². The van der Waals surface area contributed by atoms with E-state index >= 15 is 0 Å². The van der Waals surface area contributed by atoms with Gasteiger partial charge in [0, 0.05) is 25.6 Å². The van der Waals surface area contributed by atoms with E-state index in [-0.39, 0.29) is 25.0 Å². The fraction of sp³-hybridized carbons (Fsp3) is 0.636. The van der Waals surface area contributed by atoms with Crippen LogP contribution in [0, 0.1) is 12.3 Å². The second-order valence-electron chi connectivity index (χ2n) is 3.48. The van der Waals surface area contributed by atoms with Gasteiger partial charge in [-0.05, 0) is 13.8 Å². The summed E-state index contributed by atoms with van der Waals surface area (Å²) >= 11 is 0. The van der Waals surface area contributed by atoms with E-state index in [0.717, 1.165) is 0 Å². The number of nitrogens with one attached hydrogen (secondary N) is 1. The van der Waals surface area contributed by atoms with Crippen LogP contribution in [0.5, 0.6) is 0 Å². The van der Waals surface area contributed by atoms with Crippen molar-refractivity contribution in [3.05, 3.63) is 0 Å². The molecule has 2 amide bonds. The number of urea groups is 1. The molecule has 0 aromatic heterocycles. The van der Waals surface area contributed by atoms with Crippen LogP contribution in [-0.2, 0) is 4.79 Å². The minimum Gasteiger partial charge on any atom is -0.481 e. The Labute approximate surface area is 95.8 Å². The molecule has 0 spiro atoms. The molecule has 0 aromatic carbocycles. The minimum atomic E-state index is -0.914. The first-order chi connectivity index (χ1) is 7.51. The lowest BCUT2D eigenvalue weighted by molar-refractivity contribution is -0.137. The number of carbonyl (C=O) groups is 2. The number of hydrogen-bond acceptors (Lipinski definition) is 2. The van der Waals surface area contributed by atoms with Gasteiger partial charge in [-0.15, -0.1) is 12.3 Å². The molecule has 0 aromatic rings. The topological polar surface area (TPSA) is 69.6 Å². The second-order valence-corrected chi connectivity index (χ2v) is 3.48. The Morgan fingerprint density at radius 2 is 2.19 bits per heavy atom. The van der Waals surface area contributed by atoms with Gasteiger partial charge in [-0.25, -0.2) is 4.79 Å². The average Bonchev–Trinajstić information content (AvgIpc) is 2.18. The normalized spacial score (nSPS) is 11.3. The van der Waals surface area contributed by atoms with E-state index in [1.807, 2.05) is 6.92 Å². The number of carbonyl (C=O) groups excluding carboxylic acids is 1. The SMILES string of the molecule is C#CCC(C)NC(=O)N(CC)CCC(=O)O. The van der Waals surface area contributed by atoms with E-state index in [0.29, 0.717) is 13.0 Å². The second kappa shape index (κ2) is 7.57. The Morgan fingerprint density at radius 1 is 1.56 bits per heavy atom. The van der Waals surface area contributed by atoms with Crippen LogP contribution in [-0.4, -0.2) is 41.1 Å². The Balaban J connectivity index is 4.10. The van der Waals surface area contributed by atoms with Crippen molar-refractivity contribution in [3.8, 4) is 12.3 Å². The van der Waals surface area contributed by atoms with Crippen molar-refractivity contribution >= 4 is 12.0 Å². The van der Waals surface area contributed by atoms with Crippen molar-refractivity contribution in [1.82, 2.24) is 10.2 Å². The summed E-state index contributed by atoms with van der Waals surface area (Å²) in [6.07, 6.45) is 5.53. The molecule has 0 radical (unpaired) electrons. The first-order valence-electron chi connectivity index (χ1n) is 5.22. The van der Waals surface area contributed by atoms with Gasteiger partial charge in [0.1, 0.15) is 0 Å². The van der Waals surface area contributed by atoms with Gasteiger partial charge >= 0.3 is 12.0 Å². The smallest absolute Gasteiger partial charge is 0.317 e. The molecule has 0 saturated heterocycles. The molecule has 0 rings (SSSR count). The predicted octanol–water partition coefficient (Wildman–Crippen LogP) is 0.904. The van der Waals surface area contributed by atoms with E-state index in [9.17, 15) is 9.59 Å². The molecular formula is C11H18N2O3. The zero-order valence-corrected chi connectivity index (χ0v) is 9.69. The fourth-order valence-corrected chi connectivity index (χ4v) is 1.16. The van der Waals surface area contributed by atoms with Crippen molar-refractivity contribution in [2.75, 3.05) is 13.1 Å². The van der Waals surface area contributed by atoms with Gasteiger partial charge in [-0.2, -0.15) is 0 Å². The van der Waals surface area contributed by atoms with Gasteiger partial charge in [0.05, 0.1) is 6.42 Å². The average molecular weight is 226 g/mol. The van der Waals surface area contributed by atoms with E-state index < -0.39 is 5.97 Å². The summed E-state index contributed by atoms with van der Waals surface area (Å²) in [5.74, 6) is 1.54. The van der Waals surface area contributed by atoms with E-state index in [1.54, 1.807) is 6.92 Å². The molecule has 0 bridgehead atoms. The van der Waals surface area contributed by atoms with E-state index in [4.69, 9.17) is 11.5 Å². The highest BCUT2D eigenvalue weighted by molar-refractivity contribution is 5.75. The molecule has 16 heavy (non-hydrogen) atoms. The third-order valence-corrected chi connectivity index (χ3v) is 2.06. The predicted molar refractivity (Wildman–Crippen MR) is 60.9 cm³/mol. The van der Waals surface area contributed by atoms with Gasteiger partial charge < -0.3 is 15.3 Å². The van der Waals surface area contributed by atoms with Crippen molar-refractivity contribution < 1.29 is 14.7 Å². The molecule has 0 aliphatic heterocycles. The van der Waals surface area contributed by atoms with Crippen molar-refractivity contribution in [3.63, 3.8) is 0 Å². The van der Waals surface area contributed by atoms with Crippen LogP contribution in [0.15, 0.2) is 0 Å². The number of amides is 2. The molecule has 0 aliphatic carbocycles. The maximum absolute atomic E-state index is 11.6. The van der Waals surface area contributed by atoms with E-state index in [1.165, 1.54) is 4.90 Å². The monoisotopic (exact) mass is 226 g/mol. The molecule has 0 saturated carbocycles. The lowest BCUT2D eigenvalue weighted by atomic mass is 10.2. The summed E-state index contributed by atoms with van der Waals surface area (Å²) in [5.41, 5.74) is 0. The zero-order valence-electron chi connectivity index (χ0n) is 9.69. The Kier molecular flexibility index (Phi) is 6.77. The van der Waals surface area contributed by atoms with Crippen molar-refractivity contribution in [1.29, 1.82) is 0 Å². The van der Waals surface area contributed by atoms with Crippen LogP contribution >= 0.6 is 0 Å². The highest BCUT2D eigenvalue weighted by Gasteiger charge is 2.14. The van der Waals surface area contributed by atoms with Crippen LogP contribution in [0.25, 0.3) is 0 Å². The first kappa shape index (κ1) is 14.3. The largest absolute Gasteiger partial charge is 0.481 e. The van der Waals surface area contributed by atoms with Crippen LogP contribution in [0.4, 0.5) is 4.79 Å². The van der Waals surface area contributed by atoms with Gasteiger partial charge in [-0.1, -0.05) is 0 Å². The number of rotatable bonds is 6. The number of carboxylic acid groups (broad SMARTS) is 1. The Morgan fingerprint density at radius 3 is 2.62 bits per heavy atom. The lowest BCUT2D eigenvalue weighted by Crippen LogP contribution is -2.44. The molecule has 1 unspecified atom stereocenters. The van der Waals surface area contributed by atoms with Gasteiger partial charge in [-0.3, -0.25) is 4.79 Å². The molecule has 1 atom stereocenters. The van der Waals surface area contributed by atoms with Crippen molar-refractivity contribution in [2.45, 2.75) is 32.7 Å². The lowest BCUT2D eigenvalue weighted by Gasteiger charge is -2.22. The number of hydrogen-bond donors (Lipinski definition) is 2. The molecule has 2 N–H and O–H groups in total. The maximum atomic E-state index is 11.6. The standard InChI is InChI=1S/C11H18N2O3/c1-4-6-9(3)12-11(16)13(5-2)8-7-10(14)15/h1,9H,5-8H2,2-3H3,(H,12,16)(H,14,15). The number of carboxylic acids is 1. The molecule has 0 fully saturated rings. The number of nitrogens with zero attached hydrogens (tertiary/aromatic N) is 1. The van der Waals surface area contributed by atoms with Crippen LogP contribution < -0.4 is 5.32 Å². The van der Waals surface area contributed by atoms with Gasteiger partial charge in [0.25, 0.3) is 0 Å². The summed E-state index contributed by atoms with van der Waals surface area (Å²) in [5, 5.41) is 11.2. The quantitative estimate of drug-likeness (QED) is 0.661. The Bertz CT molecular complexity index is 283. The van der Waals surface area contributed by atoms with Crippen LogP contribution in [0.1, 0.15) is 26.7 Å². The molecule has 5 heteroatoms. The number of aliphatic carboxylic acids is 1. The highest BCUT2D eigenvalue weighted by Crippen LogP contribution is 1.96.